The number of hydrogen-bond donors (Lipinski definition) is 0. The van der Waals surface area contributed by atoms with Crippen molar-refractivity contribution in [2.24, 2.45) is 0 Å². The molecule has 3 nitrogen and oxygen atoms in total. The van der Waals surface area contributed by atoms with Gasteiger partial charge in [0.05, 0.1) is 5.56 Å². The Morgan fingerprint density at radius 2 is 1.76 bits per heavy atom. The van der Waals surface area contributed by atoms with Crippen LogP contribution in [0.1, 0.15) is 15.9 Å². The van der Waals surface area contributed by atoms with Crippen LogP contribution in [0, 0.1) is 5.82 Å². The highest BCUT2D eigenvalue weighted by Crippen LogP contribution is 2.05. The lowest BCUT2D eigenvalue weighted by atomic mass is 10.2. The molecule has 2 rings (SSSR count). The summed E-state index contributed by atoms with van der Waals surface area (Å²) in [6.07, 6.45) is 0. The molecule has 4 heteroatoms. The number of halogens is 1. The Balaban J connectivity index is 1.73. The molecule has 0 amide bonds. The Bertz CT molecular complexity index is 569. The summed E-state index contributed by atoms with van der Waals surface area (Å²) in [5.74, 6) is -0.794. The quantitative estimate of drug-likeness (QED) is 0.765. The van der Waals surface area contributed by atoms with Crippen molar-refractivity contribution in [1.29, 1.82) is 0 Å². The van der Waals surface area contributed by atoms with Crippen LogP contribution in [0.2, 0.25) is 0 Å². The lowest BCUT2D eigenvalue weighted by Gasteiger charge is -2.16. The molecule has 0 spiro atoms. The van der Waals surface area contributed by atoms with Crippen LogP contribution in [0.4, 0.5) is 4.39 Å². The molecular formula is C17H18FNO2. The first-order valence-corrected chi connectivity index (χ1v) is 6.80. The summed E-state index contributed by atoms with van der Waals surface area (Å²) < 4.78 is 17.9. The topological polar surface area (TPSA) is 29.5 Å². The van der Waals surface area contributed by atoms with Gasteiger partial charge in [-0.05, 0) is 36.9 Å². The summed E-state index contributed by atoms with van der Waals surface area (Å²) >= 11 is 0. The lowest BCUT2D eigenvalue weighted by Crippen LogP contribution is -2.24. The molecule has 0 aliphatic carbocycles. The highest BCUT2D eigenvalue weighted by molar-refractivity contribution is 5.89. The highest BCUT2D eigenvalue weighted by Gasteiger charge is 2.07. The zero-order chi connectivity index (χ0) is 15.1. The van der Waals surface area contributed by atoms with E-state index in [9.17, 15) is 9.18 Å². The van der Waals surface area contributed by atoms with Gasteiger partial charge in [0.15, 0.2) is 0 Å². The first-order chi connectivity index (χ1) is 10.1. The summed E-state index contributed by atoms with van der Waals surface area (Å²) in [5, 5.41) is 0. The molecule has 0 aliphatic rings. The number of nitrogens with zero attached hydrogens (tertiary/aromatic N) is 1. The minimum atomic E-state index is -0.428. The molecule has 0 saturated heterocycles. The summed E-state index contributed by atoms with van der Waals surface area (Å²) in [6.45, 7) is 1.75. The van der Waals surface area contributed by atoms with Gasteiger partial charge < -0.3 is 4.74 Å². The van der Waals surface area contributed by atoms with Gasteiger partial charge in [0.25, 0.3) is 0 Å². The molecule has 0 radical (unpaired) electrons. The minimum absolute atomic E-state index is 0.305. The van der Waals surface area contributed by atoms with Gasteiger partial charge in [-0.3, -0.25) is 4.90 Å². The first-order valence-electron chi connectivity index (χ1n) is 6.80. The maximum absolute atomic E-state index is 12.8. The molecule has 0 N–H and O–H groups in total. The Kier molecular flexibility index (Phi) is 5.46. The molecule has 0 bridgehead atoms. The van der Waals surface area contributed by atoms with Crippen molar-refractivity contribution < 1.29 is 13.9 Å². The standard InChI is InChI=1S/C17H18FNO2/c1-19(13-14-5-3-2-4-6-14)11-12-21-17(20)15-7-9-16(18)10-8-15/h2-10H,11-13H2,1H3. The average Bonchev–Trinajstić information content (AvgIpc) is 2.49. The fourth-order valence-electron chi connectivity index (χ4n) is 1.94. The van der Waals surface area contributed by atoms with Gasteiger partial charge in [0.1, 0.15) is 12.4 Å². The Morgan fingerprint density at radius 1 is 1.10 bits per heavy atom. The van der Waals surface area contributed by atoms with E-state index in [2.05, 4.69) is 17.0 Å². The molecule has 0 atom stereocenters. The van der Waals surface area contributed by atoms with Crippen molar-refractivity contribution in [1.82, 2.24) is 4.90 Å². The summed E-state index contributed by atoms with van der Waals surface area (Å²) in [7, 11) is 1.97. The van der Waals surface area contributed by atoms with Crippen LogP contribution in [-0.2, 0) is 11.3 Å². The summed E-state index contributed by atoms with van der Waals surface area (Å²) in [6, 6.07) is 15.4. The monoisotopic (exact) mass is 287 g/mol. The third-order valence-electron chi connectivity index (χ3n) is 3.08. The average molecular weight is 287 g/mol. The summed E-state index contributed by atoms with van der Waals surface area (Å²) in [4.78, 5) is 13.8. The fraction of sp³-hybridized carbons (Fsp3) is 0.235. The van der Waals surface area contributed by atoms with Crippen molar-refractivity contribution >= 4 is 5.97 Å². The Labute approximate surface area is 124 Å². The largest absolute Gasteiger partial charge is 0.461 e. The Morgan fingerprint density at radius 3 is 2.43 bits per heavy atom. The van der Waals surface area contributed by atoms with E-state index in [0.29, 0.717) is 18.7 Å². The van der Waals surface area contributed by atoms with E-state index >= 15 is 0 Å². The number of likely N-dealkylation sites (N-methyl/N-ethyl adjacent to an activating group) is 1. The van der Waals surface area contributed by atoms with Crippen LogP contribution in [0.3, 0.4) is 0 Å². The van der Waals surface area contributed by atoms with E-state index in [-0.39, 0.29) is 5.82 Å². The van der Waals surface area contributed by atoms with Gasteiger partial charge in [-0.2, -0.15) is 0 Å². The van der Waals surface area contributed by atoms with E-state index < -0.39 is 5.97 Å². The zero-order valence-electron chi connectivity index (χ0n) is 12.0. The fourth-order valence-corrected chi connectivity index (χ4v) is 1.94. The van der Waals surface area contributed by atoms with E-state index in [1.807, 2.05) is 25.2 Å². The molecule has 0 aromatic heterocycles. The van der Waals surface area contributed by atoms with Gasteiger partial charge in [-0.25, -0.2) is 9.18 Å². The van der Waals surface area contributed by atoms with Crippen LogP contribution >= 0.6 is 0 Å². The second-order valence-electron chi connectivity index (χ2n) is 4.87. The predicted molar refractivity (Wildman–Crippen MR) is 79.5 cm³/mol. The van der Waals surface area contributed by atoms with Crippen LogP contribution in [-0.4, -0.2) is 31.1 Å². The molecule has 0 saturated carbocycles. The van der Waals surface area contributed by atoms with Crippen molar-refractivity contribution in [3.63, 3.8) is 0 Å². The third-order valence-corrected chi connectivity index (χ3v) is 3.08. The van der Waals surface area contributed by atoms with Gasteiger partial charge in [-0.15, -0.1) is 0 Å². The number of benzene rings is 2. The molecule has 2 aromatic rings. The van der Waals surface area contributed by atoms with Gasteiger partial charge in [0, 0.05) is 13.1 Å². The number of esters is 1. The molecular weight excluding hydrogens is 269 g/mol. The maximum atomic E-state index is 12.8. The first kappa shape index (κ1) is 15.2. The number of ether oxygens (including phenoxy) is 1. The molecule has 0 aliphatic heterocycles. The minimum Gasteiger partial charge on any atom is -0.461 e. The molecule has 0 fully saturated rings. The van der Waals surface area contributed by atoms with Gasteiger partial charge in [-0.1, -0.05) is 30.3 Å². The van der Waals surface area contributed by atoms with E-state index in [1.54, 1.807) is 0 Å². The van der Waals surface area contributed by atoms with Crippen molar-refractivity contribution in [2.45, 2.75) is 6.54 Å². The third kappa shape index (κ3) is 5.00. The summed E-state index contributed by atoms with van der Waals surface area (Å²) in [5.41, 5.74) is 1.58. The number of carbonyl (C=O) groups excluding carboxylic acids is 1. The van der Waals surface area contributed by atoms with E-state index in [0.717, 1.165) is 6.54 Å². The van der Waals surface area contributed by atoms with Crippen LogP contribution in [0.5, 0.6) is 0 Å². The van der Waals surface area contributed by atoms with Crippen LogP contribution < -0.4 is 0 Å². The second kappa shape index (κ2) is 7.55. The normalized spacial score (nSPS) is 10.6. The second-order valence-corrected chi connectivity index (χ2v) is 4.87. The number of hydrogen-bond acceptors (Lipinski definition) is 3. The maximum Gasteiger partial charge on any atom is 0.338 e. The zero-order valence-corrected chi connectivity index (χ0v) is 12.0. The smallest absolute Gasteiger partial charge is 0.338 e. The van der Waals surface area contributed by atoms with Crippen LogP contribution in [0.15, 0.2) is 54.6 Å². The lowest BCUT2D eigenvalue weighted by molar-refractivity contribution is 0.0470. The van der Waals surface area contributed by atoms with E-state index in [1.165, 1.54) is 29.8 Å². The van der Waals surface area contributed by atoms with Gasteiger partial charge >= 0.3 is 5.97 Å². The SMILES string of the molecule is CN(CCOC(=O)c1ccc(F)cc1)Cc1ccccc1. The van der Waals surface area contributed by atoms with Crippen molar-refractivity contribution in [3.05, 3.63) is 71.5 Å². The van der Waals surface area contributed by atoms with Crippen molar-refractivity contribution in [2.75, 3.05) is 20.2 Å². The van der Waals surface area contributed by atoms with Crippen LogP contribution in [0.25, 0.3) is 0 Å². The Hall–Kier alpha value is -2.20. The molecule has 0 unspecified atom stereocenters. The van der Waals surface area contributed by atoms with E-state index in [4.69, 9.17) is 4.74 Å². The number of rotatable bonds is 6. The molecule has 110 valence electrons. The highest BCUT2D eigenvalue weighted by atomic mass is 19.1. The molecule has 2 aromatic carbocycles. The number of carbonyl (C=O) groups is 1. The molecule has 21 heavy (non-hydrogen) atoms. The van der Waals surface area contributed by atoms with Crippen molar-refractivity contribution in [3.8, 4) is 0 Å². The van der Waals surface area contributed by atoms with Gasteiger partial charge in [0.2, 0.25) is 0 Å². The predicted octanol–water partition coefficient (Wildman–Crippen LogP) is 3.11. The molecule has 0 heterocycles.